The zero-order chi connectivity index (χ0) is 15.8. The van der Waals surface area contributed by atoms with Crippen LogP contribution in [0.5, 0.6) is 0 Å². The lowest BCUT2D eigenvalue weighted by Crippen LogP contribution is -2.14. The Balaban J connectivity index is 1.86. The van der Waals surface area contributed by atoms with Crippen LogP contribution in [0.2, 0.25) is 0 Å². The summed E-state index contributed by atoms with van der Waals surface area (Å²) >= 11 is 1.45. The second-order valence-corrected chi connectivity index (χ2v) is 5.49. The predicted molar refractivity (Wildman–Crippen MR) is 87.1 cm³/mol. The van der Waals surface area contributed by atoms with Crippen LogP contribution in [0, 0.1) is 22.7 Å². The van der Waals surface area contributed by atoms with Crippen molar-refractivity contribution in [2.45, 2.75) is 5.75 Å². The van der Waals surface area contributed by atoms with Gasteiger partial charge in [0.05, 0.1) is 29.0 Å². The number of amides is 1. The number of nitriles is 2. The van der Waals surface area contributed by atoms with Gasteiger partial charge in [-0.25, -0.2) is 0 Å². The first-order valence-corrected chi connectivity index (χ1v) is 7.74. The second-order valence-electron chi connectivity index (χ2n) is 4.50. The summed E-state index contributed by atoms with van der Waals surface area (Å²) in [6.45, 7) is 0. The zero-order valence-electron chi connectivity index (χ0n) is 11.7. The van der Waals surface area contributed by atoms with Crippen LogP contribution in [0.4, 0.5) is 5.69 Å². The van der Waals surface area contributed by atoms with E-state index in [-0.39, 0.29) is 11.7 Å². The first kappa shape index (κ1) is 15.6. The minimum Gasteiger partial charge on any atom is -0.325 e. The topological polar surface area (TPSA) is 76.7 Å². The summed E-state index contributed by atoms with van der Waals surface area (Å²) in [6, 6.07) is 18.3. The third-order valence-corrected chi connectivity index (χ3v) is 3.89. The van der Waals surface area contributed by atoms with E-state index in [4.69, 9.17) is 10.5 Å². The summed E-state index contributed by atoms with van der Waals surface area (Å²) in [4.78, 5) is 11.9. The molecule has 1 N–H and O–H groups in total. The van der Waals surface area contributed by atoms with E-state index in [0.29, 0.717) is 22.6 Å². The van der Waals surface area contributed by atoms with Gasteiger partial charge in [0.1, 0.15) is 0 Å². The van der Waals surface area contributed by atoms with Crippen molar-refractivity contribution in [1.29, 1.82) is 10.5 Å². The fourth-order valence-corrected chi connectivity index (χ4v) is 2.70. The molecule has 0 heterocycles. The third kappa shape index (κ3) is 4.37. The molecule has 0 aliphatic rings. The SMILES string of the molecule is N#Cc1cccc(NC(=O)CSCc2ccccc2C#N)c1. The molecule has 1 amide bonds. The van der Waals surface area contributed by atoms with Crippen LogP contribution in [0.3, 0.4) is 0 Å². The summed E-state index contributed by atoms with van der Waals surface area (Å²) in [5.74, 6) is 0.765. The number of hydrogen-bond donors (Lipinski definition) is 1. The van der Waals surface area contributed by atoms with Crippen molar-refractivity contribution in [3.8, 4) is 12.1 Å². The highest BCUT2D eigenvalue weighted by molar-refractivity contribution is 7.99. The maximum Gasteiger partial charge on any atom is 0.234 e. The van der Waals surface area contributed by atoms with Gasteiger partial charge in [-0.3, -0.25) is 4.79 Å². The monoisotopic (exact) mass is 307 g/mol. The Hall–Kier alpha value is -2.76. The molecule has 0 radical (unpaired) electrons. The number of nitrogens with zero attached hydrogens (tertiary/aromatic N) is 2. The van der Waals surface area contributed by atoms with E-state index < -0.39 is 0 Å². The Kier molecular flexibility index (Phi) is 5.59. The average molecular weight is 307 g/mol. The van der Waals surface area contributed by atoms with Crippen molar-refractivity contribution in [3.63, 3.8) is 0 Å². The zero-order valence-corrected chi connectivity index (χ0v) is 12.6. The summed E-state index contributed by atoms with van der Waals surface area (Å²) < 4.78 is 0. The molecule has 2 aromatic rings. The molecule has 0 aliphatic heterocycles. The van der Waals surface area contributed by atoms with E-state index >= 15 is 0 Å². The van der Waals surface area contributed by atoms with Gasteiger partial charge in [-0.15, -0.1) is 11.8 Å². The molecule has 5 heteroatoms. The standard InChI is InChI=1S/C17H13N3OS/c18-9-13-4-3-7-16(8-13)20-17(21)12-22-11-15-6-2-1-5-14(15)10-19/h1-8H,11-12H2,(H,20,21). The van der Waals surface area contributed by atoms with Crippen LogP contribution in [0.1, 0.15) is 16.7 Å². The molecular weight excluding hydrogens is 294 g/mol. The van der Waals surface area contributed by atoms with E-state index in [1.807, 2.05) is 24.3 Å². The van der Waals surface area contributed by atoms with Gasteiger partial charge in [-0.1, -0.05) is 24.3 Å². The van der Waals surface area contributed by atoms with E-state index in [1.54, 1.807) is 30.3 Å². The fourth-order valence-electron chi connectivity index (χ4n) is 1.87. The number of thioether (sulfide) groups is 1. The number of carbonyl (C=O) groups is 1. The molecule has 0 saturated heterocycles. The highest BCUT2D eigenvalue weighted by Crippen LogP contribution is 2.17. The molecule has 0 aliphatic carbocycles. The van der Waals surface area contributed by atoms with Gasteiger partial charge in [-0.05, 0) is 29.8 Å². The normalized spacial score (nSPS) is 9.55. The van der Waals surface area contributed by atoms with Gasteiger partial charge in [0.25, 0.3) is 0 Å². The second kappa shape index (κ2) is 7.87. The van der Waals surface area contributed by atoms with E-state index in [1.165, 1.54) is 11.8 Å². The molecule has 0 bridgehead atoms. The number of nitrogens with one attached hydrogen (secondary N) is 1. The van der Waals surface area contributed by atoms with Crippen LogP contribution >= 0.6 is 11.8 Å². The number of rotatable bonds is 5. The van der Waals surface area contributed by atoms with Gasteiger partial charge < -0.3 is 5.32 Å². The first-order valence-electron chi connectivity index (χ1n) is 6.58. The van der Waals surface area contributed by atoms with Gasteiger partial charge in [-0.2, -0.15) is 10.5 Å². The van der Waals surface area contributed by atoms with E-state index in [2.05, 4.69) is 11.4 Å². The lowest BCUT2D eigenvalue weighted by atomic mass is 10.1. The molecular formula is C17H13N3OS. The molecule has 0 fully saturated rings. The summed E-state index contributed by atoms with van der Waals surface area (Å²) in [5.41, 5.74) is 2.68. The number of anilines is 1. The minimum absolute atomic E-state index is 0.130. The lowest BCUT2D eigenvalue weighted by Gasteiger charge is -2.06. The maximum absolute atomic E-state index is 11.9. The fraction of sp³-hybridized carbons (Fsp3) is 0.118. The molecule has 4 nitrogen and oxygen atoms in total. The van der Waals surface area contributed by atoms with Crippen LogP contribution in [-0.2, 0) is 10.5 Å². The Bertz CT molecular complexity index is 759. The number of carbonyl (C=O) groups excluding carboxylic acids is 1. The van der Waals surface area contributed by atoms with Crippen molar-refractivity contribution >= 4 is 23.4 Å². The Labute approximate surface area is 133 Å². The van der Waals surface area contributed by atoms with Crippen molar-refractivity contribution in [1.82, 2.24) is 0 Å². The summed E-state index contributed by atoms with van der Waals surface area (Å²) in [6.07, 6.45) is 0. The van der Waals surface area contributed by atoms with Crippen LogP contribution < -0.4 is 5.32 Å². The molecule has 0 atom stereocenters. The largest absolute Gasteiger partial charge is 0.325 e. The molecule has 2 aromatic carbocycles. The Morgan fingerprint density at radius 2 is 1.91 bits per heavy atom. The maximum atomic E-state index is 11.9. The highest BCUT2D eigenvalue weighted by Gasteiger charge is 2.05. The third-order valence-electron chi connectivity index (χ3n) is 2.90. The smallest absolute Gasteiger partial charge is 0.234 e. The molecule has 0 unspecified atom stereocenters. The van der Waals surface area contributed by atoms with Crippen molar-refractivity contribution in [2.24, 2.45) is 0 Å². The van der Waals surface area contributed by atoms with Crippen LogP contribution in [-0.4, -0.2) is 11.7 Å². The molecule has 108 valence electrons. The Morgan fingerprint density at radius 1 is 1.09 bits per heavy atom. The van der Waals surface area contributed by atoms with Gasteiger partial charge >= 0.3 is 0 Å². The lowest BCUT2D eigenvalue weighted by molar-refractivity contribution is -0.113. The van der Waals surface area contributed by atoms with E-state index in [9.17, 15) is 4.79 Å². The van der Waals surface area contributed by atoms with E-state index in [0.717, 1.165) is 5.56 Å². The van der Waals surface area contributed by atoms with Crippen LogP contribution in [0.15, 0.2) is 48.5 Å². The number of benzene rings is 2. The Morgan fingerprint density at radius 3 is 2.68 bits per heavy atom. The minimum atomic E-state index is -0.130. The molecule has 0 spiro atoms. The molecule has 2 rings (SSSR count). The first-order chi connectivity index (χ1) is 10.7. The number of hydrogen-bond acceptors (Lipinski definition) is 4. The molecule has 22 heavy (non-hydrogen) atoms. The average Bonchev–Trinajstić information content (AvgIpc) is 2.55. The molecule has 0 saturated carbocycles. The van der Waals surface area contributed by atoms with Crippen LogP contribution in [0.25, 0.3) is 0 Å². The van der Waals surface area contributed by atoms with Gasteiger partial charge in [0.2, 0.25) is 5.91 Å². The summed E-state index contributed by atoms with van der Waals surface area (Å²) in [7, 11) is 0. The van der Waals surface area contributed by atoms with Gasteiger partial charge in [0.15, 0.2) is 0 Å². The van der Waals surface area contributed by atoms with Crippen molar-refractivity contribution in [2.75, 3.05) is 11.1 Å². The quantitative estimate of drug-likeness (QED) is 0.919. The summed E-state index contributed by atoms with van der Waals surface area (Å²) in [5, 5.41) is 20.6. The van der Waals surface area contributed by atoms with Crippen molar-refractivity contribution < 1.29 is 4.79 Å². The predicted octanol–water partition coefficient (Wildman–Crippen LogP) is 3.30. The van der Waals surface area contributed by atoms with Gasteiger partial charge in [0, 0.05) is 11.4 Å². The van der Waals surface area contributed by atoms with Crippen molar-refractivity contribution in [3.05, 3.63) is 65.2 Å². The highest BCUT2D eigenvalue weighted by atomic mass is 32.2. The molecule has 0 aromatic heterocycles.